The first kappa shape index (κ1) is 13.2. The number of nitrogens with two attached hydrogens (primary N) is 1. The van der Waals surface area contributed by atoms with Crippen LogP contribution < -0.4 is 5.73 Å². The summed E-state index contributed by atoms with van der Waals surface area (Å²) >= 11 is 0. The number of benzene rings is 1. The minimum Gasteiger partial charge on any atom is -0.327 e. The first-order chi connectivity index (χ1) is 7.63. The van der Waals surface area contributed by atoms with Gasteiger partial charge in [-0.25, -0.2) is 0 Å². The third-order valence-electron chi connectivity index (χ3n) is 3.36. The van der Waals surface area contributed by atoms with E-state index in [9.17, 15) is 0 Å². The minimum atomic E-state index is 0.348. The van der Waals surface area contributed by atoms with E-state index in [0.717, 1.165) is 12.8 Å². The SMILES string of the molecule is CCCC(C)C(N)CCc1ccc(C)cc1. The van der Waals surface area contributed by atoms with Crippen molar-refractivity contribution in [1.29, 1.82) is 0 Å². The summed E-state index contributed by atoms with van der Waals surface area (Å²) in [5, 5.41) is 0. The summed E-state index contributed by atoms with van der Waals surface area (Å²) in [6, 6.07) is 9.13. The van der Waals surface area contributed by atoms with Crippen molar-refractivity contribution >= 4 is 0 Å². The zero-order valence-corrected chi connectivity index (χ0v) is 10.9. The first-order valence-corrected chi connectivity index (χ1v) is 6.44. The van der Waals surface area contributed by atoms with Crippen LogP contribution in [0.5, 0.6) is 0 Å². The topological polar surface area (TPSA) is 26.0 Å². The fourth-order valence-corrected chi connectivity index (χ4v) is 2.04. The van der Waals surface area contributed by atoms with Gasteiger partial charge in [0.05, 0.1) is 0 Å². The van der Waals surface area contributed by atoms with E-state index in [4.69, 9.17) is 5.73 Å². The molecule has 0 fully saturated rings. The second kappa shape index (κ2) is 6.70. The van der Waals surface area contributed by atoms with Gasteiger partial charge < -0.3 is 5.73 Å². The highest BCUT2D eigenvalue weighted by molar-refractivity contribution is 5.21. The Labute approximate surface area is 100 Å². The van der Waals surface area contributed by atoms with Gasteiger partial charge in [-0.2, -0.15) is 0 Å². The van der Waals surface area contributed by atoms with E-state index in [1.807, 2.05) is 0 Å². The third kappa shape index (κ3) is 4.36. The lowest BCUT2D eigenvalue weighted by Crippen LogP contribution is -2.28. The average molecular weight is 219 g/mol. The molecule has 0 amide bonds. The monoisotopic (exact) mass is 219 g/mol. The molecule has 0 radical (unpaired) electrons. The Morgan fingerprint density at radius 2 is 1.75 bits per heavy atom. The largest absolute Gasteiger partial charge is 0.327 e. The summed E-state index contributed by atoms with van der Waals surface area (Å²) in [4.78, 5) is 0. The third-order valence-corrected chi connectivity index (χ3v) is 3.36. The number of hydrogen-bond donors (Lipinski definition) is 1. The Balaban J connectivity index is 2.36. The molecule has 1 aromatic rings. The molecule has 2 atom stereocenters. The van der Waals surface area contributed by atoms with Crippen LogP contribution in [0.2, 0.25) is 0 Å². The second-order valence-electron chi connectivity index (χ2n) is 4.95. The molecule has 0 saturated heterocycles. The van der Waals surface area contributed by atoms with E-state index in [2.05, 4.69) is 45.0 Å². The van der Waals surface area contributed by atoms with E-state index in [1.165, 1.54) is 24.0 Å². The van der Waals surface area contributed by atoms with Crippen molar-refractivity contribution < 1.29 is 0 Å². The van der Waals surface area contributed by atoms with Gasteiger partial charge in [-0.1, -0.05) is 50.1 Å². The van der Waals surface area contributed by atoms with Gasteiger partial charge >= 0.3 is 0 Å². The van der Waals surface area contributed by atoms with Crippen molar-refractivity contribution in [3.05, 3.63) is 35.4 Å². The van der Waals surface area contributed by atoms with Gasteiger partial charge in [-0.05, 0) is 37.7 Å². The molecule has 0 saturated carbocycles. The van der Waals surface area contributed by atoms with Crippen molar-refractivity contribution in [3.63, 3.8) is 0 Å². The number of rotatable bonds is 6. The van der Waals surface area contributed by atoms with Crippen LogP contribution in [0.25, 0.3) is 0 Å². The van der Waals surface area contributed by atoms with E-state index in [-0.39, 0.29) is 0 Å². The van der Waals surface area contributed by atoms with E-state index < -0.39 is 0 Å². The van der Waals surface area contributed by atoms with Gasteiger partial charge in [-0.3, -0.25) is 0 Å². The molecule has 2 N–H and O–H groups in total. The van der Waals surface area contributed by atoms with Gasteiger partial charge in [0, 0.05) is 6.04 Å². The summed E-state index contributed by atoms with van der Waals surface area (Å²) in [5.74, 6) is 0.649. The second-order valence-corrected chi connectivity index (χ2v) is 4.95. The zero-order chi connectivity index (χ0) is 12.0. The van der Waals surface area contributed by atoms with Crippen molar-refractivity contribution in [1.82, 2.24) is 0 Å². The summed E-state index contributed by atoms with van der Waals surface area (Å²) in [6.07, 6.45) is 4.69. The van der Waals surface area contributed by atoms with Crippen LogP contribution in [0.15, 0.2) is 24.3 Å². The van der Waals surface area contributed by atoms with E-state index in [1.54, 1.807) is 0 Å². The molecule has 16 heavy (non-hydrogen) atoms. The van der Waals surface area contributed by atoms with Crippen LogP contribution in [0, 0.1) is 12.8 Å². The Hall–Kier alpha value is -0.820. The van der Waals surface area contributed by atoms with Gasteiger partial charge in [0.1, 0.15) is 0 Å². The molecule has 1 nitrogen and oxygen atoms in total. The molecule has 0 heterocycles. The summed E-state index contributed by atoms with van der Waals surface area (Å²) in [5.41, 5.74) is 8.91. The molecule has 0 aliphatic carbocycles. The Bertz CT molecular complexity index is 289. The van der Waals surface area contributed by atoms with Crippen LogP contribution >= 0.6 is 0 Å². The van der Waals surface area contributed by atoms with Gasteiger partial charge in [0.15, 0.2) is 0 Å². The first-order valence-electron chi connectivity index (χ1n) is 6.44. The predicted octanol–water partition coefficient (Wildman–Crippen LogP) is 3.69. The lowest BCUT2D eigenvalue weighted by Gasteiger charge is -2.19. The van der Waals surface area contributed by atoms with Crippen LogP contribution in [0.4, 0.5) is 0 Å². The predicted molar refractivity (Wildman–Crippen MR) is 71.5 cm³/mol. The maximum absolute atomic E-state index is 6.18. The normalized spacial score (nSPS) is 14.8. The minimum absolute atomic E-state index is 0.348. The maximum atomic E-state index is 6.18. The lowest BCUT2D eigenvalue weighted by atomic mass is 9.92. The molecule has 0 aliphatic heterocycles. The van der Waals surface area contributed by atoms with Crippen molar-refractivity contribution in [2.24, 2.45) is 11.7 Å². The molecule has 1 aromatic carbocycles. The molecule has 0 aliphatic rings. The fourth-order valence-electron chi connectivity index (χ4n) is 2.04. The smallest absolute Gasteiger partial charge is 0.00676 e. The summed E-state index contributed by atoms with van der Waals surface area (Å²) < 4.78 is 0. The van der Waals surface area contributed by atoms with E-state index in [0.29, 0.717) is 12.0 Å². The van der Waals surface area contributed by atoms with E-state index >= 15 is 0 Å². The maximum Gasteiger partial charge on any atom is 0.00676 e. The van der Waals surface area contributed by atoms with Crippen LogP contribution in [-0.4, -0.2) is 6.04 Å². The highest BCUT2D eigenvalue weighted by Crippen LogP contribution is 2.14. The Kier molecular flexibility index (Phi) is 5.54. The van der Waals surface area contributed by atoms with Crippen molar-refractivity contribution in [2.45, 2.75) is 52.5 Å². The molecular weight excluding hydrogens is 194 g/mol. The molecule has 0 bridgehead atoms. The molecule has 0 aromatic heterocycles. The van der Waals surface area contributed by atoms with Crippen LogP contribution in [0.3, 0.4) is 0 Å². The molecule has 90 valence electrons. The van der Waals surface area contributed by atoms with Crippen molar-refractivity contribution in [3.8, 4) is 0 Å². The Morgan fingerprint density at radius 1 is 1.12 bits per heavy atom. The fraction of sp³-hybridized carbons (Fsp3) is 0.600. The molecule has 1 rings (SSSR count). The average Bonchev–Trinajstić information content (AvgIpc) is 2.28. The quantitative estimate of drug-likeness (QED) is 0.776. The molecular formula is C15H25N. The van der Waals surface area contributed by atoms with Crippen LogP contribution in [-0.2, 0) is 6.42 Å². The summed E-state index contributed by atoms with van der Waals surface area (Å²) in [7, 11) is 0. The standard InChI is InChI=1S/C15H25N/c1-4-5-13(3)15(16)11-10-14-8-6-12(2)7-9-14/h6-9,13,15H,4-5,10-11,16H2,1-3H3. The van der Waals surface area contributed by atoms with Crippen molar-refractivity contribution in [2.75, 3.05) is 0 Å². The number of hydrogen-bond acceptors (Lipinski definition) is 1. The lowest BCUT2D eigenvalue weighted by molar-refractivity contribution is 0.402. The highest BCUT2D eigenvalue weighted by Gasteiger charge is 2.11. The van der Waals surface area contributed by atoms with Crippen LogP contribution in [0.1, 0.15) is 44.2 Å². The van der Waals surface area contributed by atoms with Gasteiger partial charge in [0.25, 0.3) is 0 Å². The number of aryl methyl sites for hydroxylation is 2. The van der Waals surface area contributed by atoms with Gasteiger partial charge in [-0.15, -0.1) is 0 Å². The highest BCUT2D eigenvalue weighted by atomic mass is 14.6. The van der Waals surface area contributed by atoms with Gasteiger partial charge in [0.2, 0.25) is 0 Å². The molecule has 1 heteroatoms. The summed E-state index contributed by atoms with van der Waals surface area (Å²) in [6.45, 7) is 6.62. The molecule has 0 spiro atoms. The zero-order valence-electron chi connectivity index (χ0n) is 10.9. The Morgan fingerprint density at radius 3 is 2.31 bits per heavy atom. The molecule has 2 unspecified atom stereocenters.